The van der Waals surface area contributed by atoms with Crippen molar-refractivity contribution in [3.63, 3.8) is 0 Å². The minimum Gasteiger partial charge on any atom is -0.497 e. The number of hydrogen-bond donors (Lipinski definition) is 2. The number of nitrogens with zero attached hydrogens (tertiary/aromatic N) is 1. The van der Waals surface area contributed by atoms with Gasteiger partial charge in [-0.1, -0.05) is 11.8 Å². The number of benzene rings is 1. The van der Waals surface area contributed by atoms with Gasteiger partial charge in [0, 0.05) is 12.1 Å². The third kappa shape index (κ3) is 3.79. The Kier molecular flexibility index (Phi) is 4.33. The molecule has 1 saturated heterocycles. The highest BCUT2D eigenvalue weighted by molar-refractivity contribution is 8.15. The fraction of sp³-hybridized carbons (Fsp3) is 0.400. The summed E-state index contributed by atoms with van der Waals surface area (Å²) in [5, 5.41) is 5.76. The molecule has 22 heavy (non-hydrogen) atoms. The van der Waals surface area contributed by atoms with Gasteiger partial charge in [-0.05, 0) is 37.1 Å². The van der Waals surface area contributed by atoms with Crippen molar-refractivity contribution in [2.45, 2.75) is 30.6 Å². The number of carbonyl (C=O) groups is 2. The summed E-state index contributed by atoms with van der Waals surface area (Å²) in [6.45, 7) is 0. The van der Waals surface area contributed by atoms with E-state index >= 15 is 0 Å². The normalized spacial score (nSPS) is 22.5. The van der Waals surface area contributed by atoms with E-state index in [1.54, 1.807) is 31.4 Å². The van der Waals surface area contributed by atoms with Gasteiger partial charge in [-0.15, -0.1) is 0 Å². The lowest BCUT2D eigenvalue weighted by molar-refractivity contribution is -0.122. The van der Waals surface area contributed by atoms with E-state index in [0.29, 0.717) is 16.9 Å². The van der Waals surface area contributed by atoms with Gasteiger partial charge < -0.3 is 15.4 Å². The average molecular weight is 319 g/mol. The molecule has 3 rings (SSSR count). The predicted molar refractivity (Wildman–Crippen MR) is 86.2 cm³/mol. The number of anilines is 1. The Morgan fingerprint density at radius 3 is 2.77 bits per heavy atom. The molecule has 0 bridgehead atoms. The molecule has 0 radical (unpaired) electrons. The third-order valence-corrected chi connectivity index (χ3v) is 4.46. The zero-order valence-corrected chi connectivity index (χ0v) is 13.0. The molecule has 6 nitrogen and oxygen atoms in total. The highest BCUT2D eigenvalue weighted by Gasteiger charge is 2.33. The van der Waals surface area contributed by atoms with Crippen LogP contribution in [0.2, 0.25) is 0 Å². The van der Waals surface area contributed by atoms with Crippen LogP contribution in [0.5, 0.6) is 5.75 Å². The van der Waals surface area contributed by atoms with Crippen molar-refractivity contribution >= 4 is 34.4 Å². The minimum absolute atomic E-state index is 0.131. The van der Waals surface area contributed by atoms with Crippen molar-refractivity contribution in [3.8, 4) is 5.75 Å². The molecule has 7 heteroatoms. The number of ether oxygens (including phenoxy) is 1. The van der Waals surface area contributed by atoms with Crippen molar-refractivity contribution in [3.05, 3.63) is 24.3 Å². The Hall–Kier alpha value is -2.02. The van der Waals surface area contributed by atoms with E-state index in [9.17, 15) is 9.59 Å². The number of amides is 2. The number of methoxy groups -OCH3 is 1. The SMILES string of the molecule is COc1ccc(NC(=O)C[C@H]2SC(=NC3CC3)NC2=O)cc1. The van der Waals surface area contributed by atoms with Gasteiger partial charge in [-0.2, -0.15) is 0 Å². The fourth-order valence-corrected chi connectivity index (χ4v) is 3.06. The largest absolute Gasteiger partial charge is 0.497 e. The van der Waals surface area contributed by atoms with Crippen LogP contribution in [0.15, 0.2) is 29.3 Å². The first kappa shape index (κ1) is 14.9. The monoisotopic (exact) mass is 319 g/mol. The second kappa shape index (κ2) is 6.39. The molecular formula is C15H17N3O3S. The first-order chi connectivity index (χ1) is 10.6. The highest BCUT2D eigenvalue weighted by atomic mass is 32.2. The maximum absolute atomic E-state index is 12.0. The molecule has 2 fully saturated rings. The number of hydrogen-bond acceptors (Lipinski definition) is 5. The van der Waals surface area contributed by atoms with Gasteiger partial charge in [0.2, 0.25) is 11.8 Å². The smallest absolute Gasteiger partial charge is 0.240 e. The second-order valence-electron chi connectivity index (χ2n) is 5.24. The van der Waals surface area contributed by atoms with Crippen molar-refractivity contribution in [1.82, 2.24) is 5.32 Å². The Labute approximate surface area is 132 Å². The number of thioether (sulfide) groups is 1. The molecule has 2 aliphatic rings. The quantitative estimate of drug-likeness (QED) is 0.867. The van der Waals surface area contributed by atoms with Crippen LogP contribution in [0.3, 0.4) is 0 Å². The number of amidine groups is 1. The van der Waals surface area contributed by atoms with E-state index in [1.165, 1.54) is 11.8 Å². The number of nitrogens with one attached hydrogen (secondary N) is 2. The molecule has 1 aromatic rings. The van der Waals surface area contributed by atoms with Crippen LogP contribution >= 0.6 is 11.8 Å². The van der Waals surface area contributed by atoms with Crippen LogP contribution in [0, 0.1) is 0 Å². The van der Waals surface area contributed by atoms with E-state index in [1.807, 2.05) is 0 Å². The molecule has 1 aliphatic heterocycles. The molecule has 1 heterocycles. The lowest BCUT2D eigenvalue weighted by Gasteiger charge is -2.08. The maximum Gasteiger partial charge on any atom is 0.240 e. The molecular weight excluding hydrogens is 302 g/mol. The highest BCUT2D eigenvalue weighted by Crippen LogP contribution is 2.29. The van der Waals surface area contributed by atoms with Gasteiger partial charge in [-0.25, -0.2) is 0 Å². The lowest BCUT2D eigenvalue weighted by Crippen LogP contribution is -2.28. The zero-order valence-electron chi connectivity index (χ0n) is 12.2. The molecule has 1 aromatic carbocycles. The summed E-state index contributed by atoms with van der Waals surface area (Å²) in [5.41, 5.74) is 0.682. The van der Waals surface area contributed by atoms with E-state index in [4.69, 9.17) is 4.74 Å². The standard InChI is InChI=1S/C15H17N3O3S/c1-21-11-6-4-9(5-7-11)16-13(19)8-12-14(20)18-15(22-12)17-10-2-3-10/h4-7,10,12H,2-3,8H2,1H3,(H,16,19)(H,17,18,20)/t12-/m1/s1. The molecule has 0 unspecified atom stereocenters. The molecule has 1 atom stereocenters. The van der Waals surface area contributed by atoms with Gasteiger partial charge in [0.15, 0.2) is 5.17 Å². The van der Waals surface area contributed by atoms with Crippen LogP contribution in [-0.2, 0) is 9.59 Å². The van der Waals surface area contributed by atoms with Crippen LogP contribution in [-0.4, -0.2) is 35.4 Å². The summed E-state index contributed by atoms with van der Waals surface area (Å²) in [4.78, 5) is 28.3. The van der Waals surface area contributed by atoms with Crippen LogP contribution in [0.1, 0.15) is 19.3 Å². The molecule has 0 aromatic heterocycles. The van der Waals surface area contributed by atoms with Gasteiger partial charge in [0.1, 0.15) is 11.0 Å². The maximum atomic E-state index is 12.0. The van der Waals surface area contributed by atoms with Crippen molar-refractivity contribution in [1.29, 1.82) is 0 Å². The van der Waals surface area contributed by atoms with Crippen LogP contribution in [0.4, 0.5) is 5.69 Å². The summed E-state index contributed by atoms with van der Waals surface area (Å²) >= 11 is 1.34. The van der Waals surface area contributed by atoms with E-state index in [-0.39, 0.29) is 18.2 Å². The molecule has 0 spiro atoms. The van der Waals surface area contributed by atoms with Crippen LogP contribution in [0.25, 0.3) is 0 Å². The molecule has 1 aliphatic carbocycles. The summed E-state index contributed by atoms with van der Waals surface area (Å²) in [6.07, 6.45) is 2.30. The van der Waals surface area contributed by atoms with Crippen LogP contribution < -0.4 is 15.4 Å². The van der Waals surface area contributed by atoms with Crippen molar-refractivity contribution in [2.24, 2.45) is 4.99 Å². The van der Waals surface area contributed by atoms with Crippen molar-refractivity contribution in [2.75, 3.05) is 12.4 Å². The van der Waals surface area contributed by atoms with Gasteiger partial charge in [0.05, 0.1) is 13.2 Å². The number of rotatable bonds is 5. The van der Waals surface area contributed by atoms with Gasteiger partial charge >= 0.3 is 0 Å². The minimum atomic E-state index is -0.407. The van der Waals surface area contributed by atoms with Gasteiger partial charge in [-0.3, -0.25) is 14.6 Å². The Balaban J connectivity index is 1.53. The van der Waals surface area contributed by atoms with Crippen molar-refractivity contribution < 1.29 is 14.3 Å². The Bertz CT molecular complexity index is 611. The van der Waals surface area contributed by atoms with E-state index in [2.05, 4.69) is 15.6 Å². The summed E-state index contributed by atoms with van der Waals surface area (Å²) in [7, 11) is 1.59. The van der Waals surface area contributed by atoms with E-state index < -0.39 is 5.25 Å². The third-order valence-electron chi connectivity index (χ3n) is 3.37. The molecule has 2 amide bonds. The first-order valence-electron chi connectivity index (χ1n) is 7.13. The number of aliphatic imine (C=N–C) groups is 1. The Morgan fingerprint density at radius 1 is 1.41 bits per heavy atom. The summed E-state index contributed by atoms with van der Waals surface area (Å²) in [6, 6.07) is 7.42. The predicted octanol–water partition coefficient (Wildman–Crippen LogP) is 1.77. The lowest BCUT2D eigenvalue weighted by atomic mass is 10.2. The van der Waals surface area contributed by atoms with E-state index in [0.717, 1.165) is 18.6 Å². The topological polar surface area (TPSA) is 79.8 Å². The Morgan fingerprint density at radius 2 is 2.14 bits per heavy atom. The fourth-order valence-electron chi connectivity index (χ4n) is 2.02. The zero-order chi connectivity index (χ0) is 15.5. The molecule has 116 valence electrons. The average Bonchev–Trinajstić information content (AvgIpc) is 3.24. The summed E-state index contributed by atoms with van der Waals surface area (Å²) in [5.74, 6) is 0.393. The number of carbonyl (C=O) groups excluding carboxylic acids is 2. The molecule has 1 saturated carbocycles. The first-order valence-corrected chi connectivity index (χ1v) is 8.01. The summed E-state index contributed by atoms with van der Waals surface area (Å²) < 4.78 is 5.06. The molecule has 2 N–H and O–H groups in total. The second-order valence-corrected chi connectivity index (χ2v) is 6.43. The van der Waals surface area contributed by atoms with Gasteiger partial charge in [0.25, 0.3) is 0 Å².